The van der Waals surface area contributed by atoms with E-state index in [4.69, 9.17) is 17.3 Å². The van der Waals surface area contributed by atoms with Crippen molar-refractivity contribution in [2.24, 2.45) is 0 Å². The van der Waals surface area contributed by atoms with Gasteiger partial charge < -0.3 is 5.73 Å². The van der Waals surface area contributed by atoms with Crippen molar-refractivity contribution in [3.05, 3.63) is 23.4 Å². The van der Waals surface area contributed by atoms with E-state index >= 15 is 0 Å². The maximum absolute atomic E-state index is 11.4. The lowest BCUT2D eigenvalue weighted by Crippen LogP contribution is -2.07. The summed E-state index contributed by atoms with van der Waals surface area (Å²) in [4.78, 5) is 7.90. The van der Waals surface area contributed by atoms with Gasteiger partial charge in [-0.2, -0.15) is 10.1 Å². The van der Waals surface area contributed by atoms with Crippen molar-refractivity contribution in [2.75, 3.05) is 12.0 Å². The van der Waals surface area contributed by atoms with Crippen molar-refractivity contribution >= 4 is 27.1 Å². The Bertz CT molecular complexity index is 710. The molecule has 0 atom stereocenters. The van der Waals surface area contributed by atoms with E-state index in [2.05, 4.69) is 15.1 Å². The van der Waals surface area contributed by atoms with E-state index in [0.717, 1.165) is 6.26 Å². The molecule has 0 saturated heterocycles. The summed E-state index contributed by atoms with van der Waals surface area (Å²) in [5.74, 6) is 0.252. The van der Waals surface area contributed by atoms with Gasteiger partial charge in [-0.15, -0.1) is 0 Å². The average molecular weight is 288 g/mol. The Morgan fingerprint density at radius 2 is 2.06 bits per heavy atom. The number of nitrogens with two attached hydrogens (primary N) is 1. The number of anilines is 1. The largest absolute Gasteiger partial charge is 0.394 e. The third kappa shape index (κ3) is 2.29. The summed E-state index contributed by atoms with van der Waals surface area (Å²) >= 11 is 5.73. The lowest BCUT2D eigenvalue weighted by Gasteiger charge is -2.06. The zero-order chi connectivity index (χ0) is 13.5. The molecule has 7 nitrogen and oxygen atoms in total. The van der Waals surface area contributed by atoms with Gasteiger partial charge in [0.05, 0.1) is 23.8 Å². The van der Waals surface area contributed by atoms with Gasteiger partial charge in [0, 0.05) is 6.26 Å². The number of hydrogen-bond donors (Lipinski definition) is 1. The van der Waals surface area contributed by atoms with Crippen LogP contribution < -0.4 is 5.73 Å². The van der Waals surface area contributed by atoms with Crippen LogP contribution in [0.3, 0.4) is 0 Å². The summed E-state index contributed by atoms with van der Waals surface area (Å²) in [6.07, 6.45) is 3.64. The first kappa shape index (κ1) is 12.8. The maximum Gasteiger partial charge on any atom is 0.224 e. The van der Waals surface area contributed by atoms with Crippen LogP contribution in [-0.2, 0) is 9.84 Å². The first-order valence-electron chi connectivity index (χ1n) is 4.84. The molecule has 2 heterocycles. The number of aromatic nitrogens is 4. The molecule has 0 spiro atoms. The summed E-state index contributed by atoms with van der Waals surface area (Å²) < 4.78 is 24.0. The summed E-state index contributed by atoms with van der Waals surface area (Å²) in [6.45, 7) is 1.67. The standard InChI is InChI=1S/C9H10ClN5O2S/c1-5-7(11)8(14-9(10)13-5)15-4-6(3-12-15)18(2,16)17/h3-4H,11H2,1-2H3. The quantitative estimate of drug-likeness (QED) is 0.812. The Morgan fingerprint density at radius 1 is 1.39 bits per heavy atom. The lowest BCUT2D eigenvalue weighted by atomic mass is 10.3. The van der Waals surface area contributed by atoms with Crippen molar-refractivity contribution in [1.29, 1.82) is 0 Å². The van der Waals surface area contributed by atoms with Gasteiger partial charge in [-0.05, 0) is 18.5 Å². The molecule has 0 aliphatic carbocycles. The van der Waals surface area contributed by atoms with E-state index in [0.29, 0.717) is 11.4 Å². The molecule has 2 rings (SSSR count). The lowest BCUT2D eigenvalue weighted by molar-refractivity contribution is 0.602. The number of hydrogen-bond acceptors (Lipinski definition) is 6. The fourth-order valence-corrected chi connectivity index (χ4v) is 2.06. The number of nitrogens with zero attached hydrogens (tertiary/aromatic N) is 4. The molecule has 0 radical (unpaired) electrons. The van der Waals surface area contributed by atoms with E-state index in [1.54, 1.807) is 6.92 Å². The Balaban J connectivity index is 2.60. The molecule has 96 valence electrons. The molecule has 2 aromatic heterocycles. The normalized spacial score (nSPS) is 11.7. The Morgan fingerprint density at radius 3 is 2.61 bits per heavy atom. The summed E-state index contributed by atoms with van der Waals surface area (Å²) in [5, 5.41) is 3.93. The van der Waals surface area contributed by atoms with Gasteiger partial charge in [-0.1, -0.05) is 0 Å². The van der Waals surface area contributed by atoms with Gasteiger partial charge in [-0.25, -0.2) is 18.1 Å². The number of nitrogen functional groups attached to an aromatic ring is 1. The maximum atomic E-state index is 11.4. The van der Waals surface area contributed by atoms with Gasteiger partial charge in [0.25, 0.3) is 0 Å². The van der Waals surface area contributed by atoms with Crippen LogP contribution in [0.15, 0.2) is 17.3 Å². The molecule has 9 heteroatoms. The minimum atomic E-state index is -3.32. The Kier molecular flexibility index (Phi) is 2.99. The average Bonchev–Trinajstić information content (AvgIpc) is 2.71. The minimum absolute atomic E-state index is 0.0214. The predicted molar refractivity (Wildman–Crippen MR) is 66.4 cm³/mol. The van der Waals surface area contributed by atoms with Crippen LogP contribution in [0.5, 0.6) is 0 Å². The van der Waals surface area contributed by atoms with E-state index in [1.807, 2.05) is 0 Å². The van der Waals surface area contributed by atoms with Crippen LogP contribution in [0.4, 0.5) is 5.69 Å². The number of sulfone groups is 1. The first-order chi connectivity index (χ1) is 8.29. The van der Waals surface area contributed by atoms with Gasteiger partial charge in [0.1, 0.15) is 4.90 Å². The van der Waals surface area contributed by atoms with Crippen LogP contribution in [0, 0.1) is 6.92 Å². The molecule has 2 N–H and O–H groups in total. The highest BCUT2D eigenvalue weighted by Crippen LogP contribution is 2.20. The second-order valence-corrected chi connectivity index (χ2v) is 6.06. The molecule has 0 bridgehead atoms. The van der Waals surface area contributed by atoms with Crippen LogP contribution >= 0.6 is 11.6 Å². The summed E-state index contributed by atoms with van der Waals surface area (Å²) in [6, 6.07) is 0. The molecule has 0 unspecified atom stereocenters. The molecule has 18 heavy (non-hydrogen) atoms. The third-order valence-corrected chi connectivity index (χ3v) is 3.53. The predicted octanol–water partition coefficient (Wildman–Crippen LogP) is 0.610. The van der Waals surface area contributed by atoms with Gasteiger partial charge in [-0.3, -0.25) is 0 Å². The summed E-state index contributed by atoms with van der Waals surface area (Å²) in [7, 11) is -3.32. The first-order valence-corrected chi connectivity index (χ1v) is 7.10. The smallest absolute Gasteiger partial charge is 0.224 e. The zero-order valence-corrected chi connectivity index (χ0v) is 11.2. The molecular formula is C9H10ClN5O2S. The number of halogens is 1. The second-order valence-electron chi connectivity index (χ2n) is 3.71. The van der Waals surface area contributed by atoms with E-state index in [9.17, 15) is 8.42 Å². The highest BCUT2D eigenvalue weighted by atomic mass is 35.5. The minimum Gasteiger partial charge on any atom is -0.394 e. The van der Waals surface area contributed by atoms with E-state index in [-0.39, 0.29) is 16.0 Å². The van der Waals surface area contributed by atoms with Crippen LogP contribution in [-0.4, -0.2) is 34.4 Å². The molecule has 0 aliphatic rings. The van der Waals surface area contributed by atoms with Gasteiger partial charge >= 0.3 is 0 Å². The van der Waals surface area contributed by atoms with Crippen LogP contribution in [0.2, 0.25) is 5.28 Å². The number of aryl methyl sites for hydroxylation is 1. The van der Waals surface area contributed by atoms with Crippen molar-refractivity contribution in [3.8, 4) is 5.82 Å². The molecule has 0 aliphatic heterocycles. The van der Waals surface area contributed by atoms with E-state index in [1.165, 1.54) is 17.1 Å². The molecule has 0 saturated carbocycles. The molecule has 2 aromatic rings. The highest BCUT2D eigenvalue weighted by Gasteiger charge is 2.14. The monoisotopic (exact) mass is 287 g/mol. The third-order valence-electron chi connectivity index (χ3n) is 2.29. The second kappa shape index (κ2) is 4.21. The van der Waals surface area contributed by atoms with Crippen LogP contribution in [0.25, 0.3) is 5.82 Å². The van der Waals surface area contributed by atoms with Crippen molar-refractivity contribution < 1.29 is 8.42 Å². The molecule has 0 amide bonds. The number of rotatable bonds is 2. The van der Waals surface area contributed by atoms with Gasteiger partial charge in [0.15, 0.2) is 15.7 Å². The van der Waals surface area contributed by atoms with Gasteiger partial charge in [0.2, 0.25) is 5.28 Å². The van der Waals surface area contributed by atoms with Crippen molar-refractivity contribution in [1.82, 2.24) is 19.7 Å². The topological polar surface area (TPSA) is 104 Å². The zero-order valence-electron chi connectivity index (χ0n) is 9.62. The molecule has 0 aromatic carbocycles. The molecule has 0 fully saturated rings. The fourth-order valence-electron chi connectivity index (χ4n) is 1.32. The van der Waals surface area contributed by atoms with Crippen LogP contribution in [0.1, 0.15) is 5.69 Å². The molecular weight excluding hydrogens is 278 g/mol. The summed E-state index contributed by atoms with van der Waals surface area (Å²) in [5.41, 5.74) is 6.60. The Hall–Kier alpha value is -1.67. The van der Waals surface area contributed by atoms with Crippen molar-refractivity contribution in [3.63, 3.8) is 0 Å². The van der Waals surface area contributed by atoms with Crippen molar-refractivity contribution in [2.45, 2.75) is 11.8 Å². The van der Waals surface area contributed by atoms with E-state index < -0.39 is 9.84 Å². The SMILES string of the molecule is Cc1nc(Cl)nc(-n2cc(S(C)(=O)=O)cn2)c1N. The fraction of sp³-hybridized carbons (Fsp3) is 0.222. The highest BCUT2D eigenvalue weighted by molar-refractivity contribution is 7.90. The Labute approximate surface area is 109 Å².